The average molecular weight is 347 g/mol. The first-order valence-corrected chi connectivity index (χ1v) is 9.16. The van der Waals surface area contributed by atoms with Crippen LogP contribution in [0.15, 0.2) is 83.8 Å². The van der Waals surface area contributed by atoms with E-state index in [9.17, 15) is 4.79 Å². The lowest BCUT2D eigenvalue weighted by Crippen LogP contribution is -2.19. The molecule has 0 bridgehead atoms. The van der Waals surface area contributed by atoms with Crippen molar-refractivity contribution in [3.8, 4) is 0 Å². The van der Waals surface area contributed by atoms with Gasteiger partial charge in [0.1, 0.15) is 5.25 Å². The van der Waals surface area contributed by atoms with Crippen molar-refractivity contribution in [3.05, 3.63) is 95.6 Å². The van der Waals surface area contributed by atoms with E-state index in [0.717, 1.165) is 27.3 Å². The Morgan fingerprint density at radius 2 is 1.52 bits per heavy atom. The topological polar surface area (TPSA) is 29.1 Å². The van der Waals surface area contributed by atoms with Crippen LogP contribution in [0, 0.1) is 13.8 Å². The highest BCUT2D eigenvalue weighted by molar-refractivity contribution is 8.00. The van der Waals surface area contributed by atoms with Crippen LogP contribution in [-0.2, 0) is 4.79 Å². The standard InChI is InChI=1S/C22H21NOS/c1-16-13-14-17(2)20(15-16)23-22(24)21(18-9-5-3-6-10-18)25-19-11-7-4-8-12-19/h3-15,21H,1-2H3,(H,23,24). The number of anilines is 1. The number of amides is 1. The molecule has 1 unspecified atom stereocenters. The Kier molecular flexibility index (Phi) is 5.56. The molecule has 126 valence electrons. The first-order valence-electron chi connectivity index (χ1n) is 8.28. The molecule has 1 N–H and O–H groups in total. The second-order valence-electron chi connectivity index (χ2n) is 6.03. The molecule has 3 aromatic rings. The molecule has 0 saturated carbocycles. The highest BCUT2D eigenvalue weighted by atomic mass is 32.2. The quantitative estimate of drug-likeness (QED) is 0.593. The lowest BCUT2D eigenvalue weighted by Gasteiger charge is -2.18. The molecule has 25 heavy (non-hydrogen) atoms. The molecule has 0 fully saturated rings. The third kappa shape index (κ3) is 4.52. The van der Waals surface area contributed by atoms with Crippen LogP contribution in [0.1, 0.15) is 21.9 Å². The Labute approximate surface area is 153 Å². The number of nitrogens with one attached hydrogen (secondary N) is 1. The van der Waals surface area contributed by atoms with E-state index in [-0.39, 0.29) is 11.2 Å². The predicted molar refractivity (Wildman–Crippen MR) is 106 cm³/mol. The van der Waals surface area contributed by atoms with Gasteiger partial charge in [0.15, 0.2) is 0 Å². The molecule has 1 amide bonds. The van der Waals surface area contributed by atoms with Gasteiger partial charge in [-0.1, -0.05) is 60.7 Å². The summed E-state index contributed by atoms with van der Waals surface area (Å²) in [5, 5.41) is 2.81. The maximum atomic E-state index is 13.0. The van der Waals surface area contributed by atoms with E-state index >= 15 is 0 Å². The molecule has 0 aliphatic carbocycles. The molecule has 1 atom stereocenters. The number of carbonyl (C=O) groups excluding carboxylic acids is 1. The zero-order valence-corrected chi connectivity index (χ0v) is 15.2. The van der Waals surface area contributed by atoms with Gasteiger partial charge in [0, 0.05) is 10.6 Å². The molecular formula is C22H21NOS. The third-order valence-electron chi connectivity index (χ3n) is 3.99. The number of hydrogen-bond donors (Lipinski definition) is 1. The average Bonchev–Trinajstić information content (AvgIpc) is 2.64. The Balaban J connectivity index is 1.88. The molecule has 0 radical (unpaired) electrons. The van der Waals surface area contributed by atoms with Crippen molar-refractivity contribution in [2.75, 3.05) is 5.32 Å². The lowest BCUT2D eigenvalue weighted by atomic mass is 10.1. The summed E-state index contributed by atoms with van der Waals surface area (Å²) < 4.78 is 0. The number of thioether (sulfide) groups is 1. The molecule has 0 saturated heterocycles. The molecule has 0 heterocycles. The molecule has 3 rings (SSSR count). The number of carbonyl (C=O) groups is 1. The van der Waals surface area contributed by atoms with Crippen molar-refractivity contribution >= 4 is 23.4 Å². The van der Waals surface area contributed by atoms with E-state index in [0.29, 0.717) is 0 Å². The molecule has 0 aliphatic heterocycles. The van der Waals surface area contributed by atoms with E-state index in [1.807, 2.05) is 86.6 Å². The zero-order chi connectivity index (χ0) is 17.6. The van der Waals surface area contributed by atoms with Crippen LogP contribution in [-0.4, -0.2) is 5.91 Å². The fourth-order valence-corrected chi connectivity index (χ4v) is 3.65. The van der Waals surface area contributed by atoms with Gasteiger partial charge in [-0.15, -0.1) is 11.8 Å². The number of benzene rings is 3. The maximum absolute atomic E-state index is 13.0. The normalized spacial score (nSPS) is 11.8. The summed E-state index contributed by atoms with van der Waals surface area (Å²) in [5.74, 6) is -0.00578. The van der Waals surface area contributed by atoms with Gasteiger partial charge in [-0.05, 0) is 48.7 Å². The molecular weight excluding hydrogens is 326 g/mol. The predicted octanol–water partition coefficient (Wildman–Crippen LogP) is 5.78. The van der Waals surface area contributed by atoms with Gasteiger partial charge in [-0.25, -0.2) is 0 Å². The van der Waals surface area contributed by atoms with Gasteiger partial charge in [0.2, 0.25) is 5.91 Å². The minimum absolute atomic E-state index is 0.00578. The first kappa shape index (κ1) is 17.3. The van der Waals surface area contributed by atoms with Gasteiger partial charge in [0.25, 0.3) is 0 Å². The van der Waals surface area contributed by atoms with Crippen LogP contribution in [0.3, 0.4) is 0 Å². The largest absolute Gasteiger partial charge is 0.325 e. The van der Waals surface area contributed by atoms with Gasteiger partial charge >= 0.3 is 0 Å². The Morgan fingerprint density at radius 3 is 2.20 bits per heavy atom. The molecule has 0 aliphatic rings. The summed E-state index contributed by atoms with van der Waals surface area (Å²) in [5.41, 5.74) is 4.07. The first-order chi connectivity index (χ1) is 12.1. The van der Waals surface area contributed by atoms with Crippen LogP contribution in [0.5, 0.6) is 0 Å². The number of hydrogen-bond acceptors (Lipinski definition) is 2. The van der Waals surface area contributed by atoms with E-state index in [2.05, 4.69) is 11.4 Å². The lowest BCUT2D eigenvalue weighted by molar-refractivity contribution is -0.115. The van der Waals surface area contributed by atoms with Crippen molar-refractivity contribution < 1.29 is 4.79 Å². The third-order valence-corrected chi connectivity index (χ3v) is 5.25. The maximum Gasteiger partial charge on any atom is 0.242 e. The minimum Gasteiger partial charge on any atom is -0.325 e. The number of rotatable bonds is 5. The van der Waals surface area contributed by atoms with Crippen LogP contribution >= 0.6 is 11.8 Å². The smallest absolute Gasteiger partial charge is 0.242 e. The van der Waals surface area contributed by atoms with Crippen LogP contribution in [0.4, 0.5) is 5.69 Å². The Hall–Kier alpha value is -2.52. The summed E-state index contributed by atoms with van der Waals surface area (Å²) in [6, 6.07) is 26.1. The SMILES string of the molecule is Cc1ccc(C)c(NC(=O)C(Sc2ccccc2)c2ccccc2)c1. The monoisotopic (exact) mass is 347 g/mol. The fourth-order valence-electron chi connectivity index (χ4n) is 2.60. The van der Waals surface area contributed by atoms with Crippen molar-refractivity contribution in [2.24, 2.45) is 0 Å². The van der Waals surface area contributed by atoms with Gasteiger partial charge < -0.3 is 5.32 Å². The number of aryl methyl sites for hydroxylation is 2. The Bertz CT molecular complexity index is 846. The molecule has 2 nitrogen and oxygen atoms in total. The highest BCUT2D eigenvalue weighted by Gasteiger charge is 2.22. The van der Waals surface area contributed by atoms with Gasteiger partial charge in [0.05, 0.1) is 0 Å². The Morgan fingerprint density at radius 1 is 0.880 bits per heavy atom. The van der Waals surface area contributed by atoms with Gasteiger partial charge in [-0.3, -0.25) is 4.79 Å². The summed E-state index contributed by atoms with van der Waals surface area (Å²) in [6.45, 7) is 4.04. The van der Waals surface area contributed by atoms with Crippen molar-refractivity contribution in [1.82, 2.24) is 0 Å². The summed E-state index contributed by atoms with van der Waals surface area (Å²) >= 11 is 1.57. The van der Waals surface area contributed by atoms with E-state index < -0.39 is 0 Å². The summed E-state index contributed by atoms with van der Waals surface area (Å²) in [4.78, 5) is 14.1. The fraction of sp³-hybridized carbons (Fsp3) is 0.136. The van der Waals surface area contributed by atoms with Gasteiger partial charge in [-0.2, -0.15) is 0 Å². The highest BCUT2D eigenvalue weighted by Crippen LogP contribution is 2.36. The van der Waals surface area contributed by atoms with E-state index in [4.69, 9.17) is 0 Å². The van der Waals surface area contributed by atoms with Crippen molar-refractivity contribution in [2.45, 2.75) is 24.0 Å². The second kappa shape index (κ2) is 8.04. The van der Waals surface area contributed by atoms with Crippen molar-refractivity contribution in [1.29, 1.82) is 0 Å². The second-order valence-corrected chi connectivity index (χ2v) is 7.21. The summed E-state index contributed by atoms with van der Waals surface area (Å²) in [6.07, 6.45) is 0. The molecule has 0 spiro atoms. The molecule has 3 aromatic carbocycles. The molecule has 3 heteroatoms. The minimum atomic E-state index is -0.302. The van der Waals surface area contributed by atoms with Crippen molar-refractivity contribution in [3.63, 3.8) is 0 Å². The van der Waals surface area contributed by atoms with E-state index in [1.54, 1.807) is 11.8 Å². The van der Waals surface area contributed by atoms with Crippen LogP contribution < -0.4 is 5.32 Å². The molecule has 0 aromatic heterocycles. The van der Waals surface area contributed by atoms with Crippen LogP contribution in [0.2, 0.25) is 0 Å². The van der Waals surface area contributed by atoms with Crippen LogP contribution in [0.25, 0.3) is 0 Å². The zero-order valence-electron chi connectivity index (χ0n) is 14.4. The summed E-state index contributed by atoms with van der Waals surface area (Å²) in [7, 11) is 0. The van der Waals surface area contributed by atoms with E-state index in [1.165, 1.54) is 0 Å².